The molecule has 78 valence electrons. The van der Waals surface area contributed by atoms with Crippen LogP contribution >= 0.6 is 11.6 Å². The van der Waals surface area contributed by atoms with Gasteiger partial charge in [-0.05, 0) is 0 Å². The number of rotatable bonds is 3. The van der Waals surface area contributed by atoms with Gasteiger partial charge in [0.25, 0.3) is 0 Å². The van der Waals surface area contributed by atoms with Crippen molar-refractivity contribution in [3.05, 3.63) is 34.1 Å². The minimum absolute atomic E-state index is 0.0316. The molecule has 0 saturated carbocycles. The second kappa shape index (κ2) is 4.13. The zero-order valence-corrected chi connectivity index (χ0v) is 9.04. The van der Waals surface area contributed by atoms with Gasteiger partial charge >= 0.3 is 0 Å². The molecule has 4 heteroatoms. The van der Waals surface area contributed by atoms with Crippen molar-refractivity contribution in [1.82, 2.24) is 4.98 Å². The lowest BCUT2D eigenvalue weighted by atomic mass is 10.1. The maximum absolute atomic E-state index is 11.6. The summed E-state index contributed by atoms with van der Waals surface area (Å²) in [6, 6.07) is 0. The maximum atomic E-state index is 11.6. The number of carbonyl (C=O) groups excluding carboxylic acids is 1. The first-order valence-electron chi connectivity index (χ1n) is 4.60. The Morgan fingerprint density at radius 1 is 1.67 bits per heavy atom. The molecule has 15 heavy (non-hydrogen) atoms. The Labute approximate surface area is 92.7 Å². The SMILES string of the molecule is COCC(=O)c1cnc2c(c1Cl)C=CC2. The number of nitrogens with zero attached hydrogens (tertiary/aromatic N) is 1. The minimum Gasteiger partial charge on any atom is -0.377 e. The Morgan fingerprint density at radius 3 is 3.20 bits per heavy atom. The van der Waals surface area contributed by atoms with E-state index in [2.05, 4.69) is 4.98 Å². The largest absolute Gasteiger partial charge is 0.377 e. The molecule has 0 atom stereocenters. The second-order valence-corrected chi connectivity index (χ2v) is 3.69. The molecular formula is C11H10ClNO2. The zero-order chi connectivity index (χ0) is 10.8. The number of pyridine rings is 1. The number of hydrogen-bond donors (Lipinski definition) is 0. The van der Waals surface area contributed by atoms with E-state index in [0.29, 0.717) is 10.6 Å². The number of fused-ring (bicyclic) bond motifs is 1. The standard InChI is InChI=1S/C11H10ClNO2/c1-15-6-10(14)8-5-13-9-4-2-3-7(9)11(8)12/h2-3,5H,4,6H2,1H3. The van der Waals surface area contributed by atoms with Gasteiger partial charge in [0.1, 0.15) is 6.61 Å². The summed E-state index contributed by atoms with van der Waals surface area (Å²) in [6.07, 6.45) is 6.19. The van der Waals surface area contributed by atoms with Gasteiger partial charge in [-0.25, -0.2) is 0 Å². The predicted octanol–water partition coefficient (Wildman–Crippen LogP) is 2.13. The van der Waals surface area contributed by atoms with Crippen molar-refractivity contribution in [2.45, 2.75) is 6.42 Å². The molecule has 0 aliphatic heterocycles. The van der Waals surface area contributed by atoms with Crippen LogP contribution in [0.3, 0.4) is 0 Å². The van der Waals surface area contributed by atoms with Gasteiger partial charge < -0.3 is 4.74 Å². The zero-order valence-electron chi connectivity index (χ0n) is 8.29. The fourth-order valence-corrected chi connectivity index (χ4v) is 1.89. The van der Waals surface area contributed by atoms with E-state index in [0.717, 1.165) is 17.7 Å². The van der Waals surface area contributed by atoms with Crippen LogP contribution in [-0.4, -0.2) is 24.5 Å². The van der Waals surface area contributed by atoms with E-state index in [9.17, 15) is 4.79 Å². The lowest BCUT2D eigenvalue weighted by Gasteiger charge is -2.06. The van der Waals surface area contributed by atoms with Gasteiger partial charge in [0.15, 0.2) is 5.78 Å². The number of Topliss-reactive ketones (excluding diaryl/α,β-unsaturated/α-hetero) is 1. The summed E-state index contributed by atoms with van der Waals surface area (Å²) in [6.45, 7) is 0.0316. The van der Waals surface area contributed by atoms with Crippen LogP contribution in [0.1, 0.15) is 21.6 Å². The topological polar surface area (TPSA) is 39.2 Å². The summed E-state index contributed by atoms with van der Waals surface area (Å²) in [5, 5.41) is 0.482. The van der Waals surface area contributed by atoms with Crippen molar-refractivity contribution in [3.63, 3.8) is 0 Å². The molecule has 0 saturated heterocycles. The van der Waals surface area contributed by atoms with Crippen molar-refractivity contribution >= 4 is 23.5 Å². The van der Waals surface area contributed by atoms with Crippen LogP contribution in [0.4, 0.5) is 0 Å². The summed E-state index contributed by atoms with van der Waals surface area (Å²) in [5.41, 5.74) is 2.22. The molecule has 1 aromatic rings. The van der Waals surface area contributed by atoms with Gasteiger partial charge in [0.2, 0.25) is 0 Å². The van der Waals surface area contributed by atoms with Crippen molar-refractivity contribution in [2.75, 3.05) is 13.7 Å². The second-order valence-electron chi connectivity index (χ2n) is 3.31. The fraction of sp³-hybridized carbons (Fsp3) is 0.273. The lowest BCUT2D eigenvalue weighted by molar-refractivity contribution is 0.0848. The number of halogens is 1. The molecule has 2 rings (SSSR count). The molecule has 1 heterocycles. The molecule has 0 fully saturated rings. The van der Waals surface area contributed by atoms with Crippen molar-refractivity contribution < 1.29 is 9.53 Å². The number of ether oxygens (including phenoxy) is 1. The maximum Gasteiger partial charge on any atom is 0.191 e. The van der Waals surface area contributed by atoms with Crippen LogP contribution in [0, 0.1) is 0 Å². The van der Waals surface area contributed by atoms with Gasteiger partial charge in [-0.1, -0.05) is 23.8 Å². The van der Waals surface area contributed by atoms with Crippen molar-refractivity contribution in [3.8, 4) is 0 Å². The van der Waals surface area contributed by atoms with Crippen molar-refractivity contribution in [2.24, 2.45) is 0 Å². The normalized spacial score (nSPS) is 12.9. The average molecular weight is 224 g/mol. The average Bonchev–Trinajstić information content (AvgIpc) is 2.67. The van der Waals surface area contributed by atoms with Gasteiger partial charge in [-0.15, -0.1) is 0 Å². The highest BCUT2D eigenvalue weighted by molar-refractivity contribution is 6.35. The van der Waals surface area contributed by atoms with Crippen LogP contribution < -0.4 is 0 Å². The molecule has 3 nitrogen and oxygen atoms in total. The van der Waals surface area contributed by atoms with Crippen LogP contribution in [0.25, 0.3) is 6.08 Å². The van der Waals surface area contributed by atoms with E-state index < -0.39 is 0 Å². The highest BCUT2D eigenvalue weighted by Gasteiger charge is 2.17. The van der Waals surface area contributed by atoms with E-state index >= 15 is 0 Å². The number of carbonyl (C=O) groups is 1. The molecular weight excluding hydrogens is 214 g/mol. The Bertz CT molecular complexity index is 440. The summed E-state index contributed by atoms with van der Waals surface area (Å²) in [5.74, 6) is -0.141. The summed E-state index contributed by atoms with van der Waals surface area (Å²) < 4.78 is 4.78. The molecule has 0 amide bonds. The van der Waals surface area contributed by atoms with Crippen molar-refractivity contribution in [1.29, 1.82) is 0 Å². The quantitative estimate of drug-likeness (QED) is 0.737. The number of aromatic nitrogens is 1. The van der Waals surface area contributed by atoms with Gasteiger partial charge in [-0.3, -0.25) is 9.78 Å². The fourth-order valence-electron chi connectivity index (χ4n) is 1.56. The molecule has 0 spiro atoms. The van der Waals surface area contributed by atoms with Gasteiger partial charge in [0.05, 0.1) is 16.3 Å². The molecule has 0 N–H and O–H groups in total. The molecule has 0 radical (unpaired) electrons. The first-order valence-corrected chi connectivity index (χ1v) is 4.98. The van der Waals surface area contributed by atoms with Crippen LogP contribution in [0.15, 0.2) is 12.3 Å². The summed E-state index contributed by atoms with van der Waals surface area (Å²) in [7, 11) is 1.48. The third kappa shape index (κ3) is 1.80. The molecule has 0 unspecified atom stereocenters. The highest BCUT2D eigenvalue weighted by atomic mass is 35.5. The minimum atomic E-state index is -0.141. The predicted molar refractivity (Wildman–Crippen MR) is 58.2 cm³/mol. The third-order valence-electron chi connectivity index (χ3n) is 2.30. The smallest absolute Gasteiger partial charge is 0.191 e. The summed E-state index contributed by atoms with van der Waals surface area (Å²) in [4.78, 5) is 15.8. The number of allylic oxidation sites excluding steroid dienone is 1. The monoisotopic (exact) mass is 223 g/mol. The van der Waals surface area contributed by atoms with E-state index in [1.807, 2.05) is 12.2 Å². The van der Waals surface area contributed by atoms with Crippen LogP contribution in [0.2, 0.25) is 5.02 Å². The van der Waals surface area contributed by atoms with E-state index in [-0.39, 0.29) is 12.4 Å². The Kier molecular flexibility index (Phi) is 2.84. The Balaban J connectivity index is 2.42. The summed E-state index contributed by atoms with van der Waals surface area (Å²) >= 11 is 6.12. The first kappa shape index (κ1) is 10.3. The molecule has 1 aromatic heterocycles. The first-order chi connectivity index (χ1) is 7.24. The molecule has 1 aliphatic carbocycles. The Hall–Kier alpha value is -1.19. The number of methoxy groups -OCH3 is 1. The van der Waals surface area contributed by atoms with Gasteiger partial charge in [-0.2, -0.15) is 0 Å². The Morgan fingerprint density at radius 2 is 2.47 bits per heavy atom. The molecule has 1 aliphatic rings. The number of hydrogen-bond acceptors (Lipinski definition) is 3. The highest BCUT2D eigenvalue weighted by Crippen LogP contribution is 2.28. The molecule has 0 aromatic carbocycles. The van der Waals surface area contributed by atoms with E-state index in [1.165, 1.54) is 13.3 Å². The number of ketones is 1. The van der Waals surface area contributed by atoms with E-state index in [1.54, 1.807) is 0 Å². The lowest BCUT2D eigenvalue weighted by Crippen LogP contribution is -2.09. The van der Waals surface area contributed by atoms with Crippen LogP contribution in [0.5, 0.6) is 0 Å². The van der Waals surface area contributed by atoms with Gasteiger partial charge in [0, 0.05) is 25.3 Å². The van der Waals surface area contributed by atoms with E-state index in [4.69, 9.17) is 16.3 Å². The molecule has 0 bridgehead atoms. The van der Waals surface area contributed by atoms with Crippen LogP contribution in [-0.2, 0) is 11.2 Å². The third-order valence-corrected chi connectivity index (χ3v) is 2.71.